The van der Waals surface area contributed by atoms with Gasteiger partial charge in [0.05, 0.1) is 11.1 Å². The van der Waals surface area contributed by atoms with Crippen LogP contribution >= 0.6 is 15.9 Å². The second kappa shape index (κ2) is 10.8. The summed E-state index contributed by atoms with van der Waals surface area (Å²) < 4.78 is 6.96. The van der Waals surface area contributed by atoms with Gasteiger partial charge in [-0.05, 0) is 88.6 Å². The highest BCUT2D eigenvalue weighted by Gasteiger charge is 2.15. The number of nitrogens with one attached hydrogen (secondary N) is 2. The summed E-state index contributed by atoms with van der Waals surface area (Å²) in [6.45, 7) is 4.16. The third kappa shape index (κ3) is 5.70. The van der Waals surface area contributed by atoms with Crippen molar-refractivity contribution in [1.29, 1.82) is 0 Å². The smallest absolute Gasteiger partial charge is 0.256 e. The molecule has 10 heteroatoms. The van der Waals surface area contributed by atoms with Crippen molar-refractivity contribution in [2.75, 3.05) is 16.4 Å². The summed E-state index contributed by atoms with van der Waals surface area (Å²) in [5, 5.41) is 6.87. The summed E-state index contributed by atoms with van der Waals surface area (Å²) in [7, 11) is 0. The van der Waals surface area contributed by atoms with Crippen molar-refractivity contribution in [3.05, 3.63) is 95.0 Å². The lowest BCUT2D eigenvalue weighted by Gasteiger charge is -2.15. The standard InChI is InChI=1S/C28H24BrN7O2/c1-16(2)22-10-9-21-26(34-22)32-15-33-27(21)35-23-13-17(28(37)36-25-12-4-18(29)14-31-25)3-11-24(23)38-20-7-5-19(30)6-8-20/h3-16H,30H2,1-2H3,(H,31,36,37)(H,32,33,34,35). The number of benzene rings is 2. The lowest BCUT2D eigenvalue weighted by molar-refractivity contribution is 0.102. The van der Waals surface area contributed by atoms with Gasteiger partial charge in [0.25, 0.3) is 5.91 Å². The zero-order chi connectivity index (χ0) is 26.6. The summed E-state index contributed by atoms with van der Waals surface area (Å²) in [5.74, 6) is 2.00. The number of nitrogens with zero attached hydrogens (tertiary/aromatic N) is 4. The van der Waals surface area contributed by atoms with Gasteiger partial charge in [0.15, 0.2) is 11.4 Å². The van der Waals surface area contributed by atoms with Crippen molar-refractivity contribution in [3.63, 3.8) is 0 Å². The Bertz CT molecular complexity index is 1610. The molecule has 0 spiro atoms. The van der Waals surface area contributed by atoms with Gasteiger partial charge in [-0.15, -0.1) is 0 Å². The van der Waals surface area contributed by atoms with Crippen LogP contribution in [0.25, 0.3) is 11.0 Å². The van der Waals surface area contributed by atoms with Gasteiger partial charge in [-0.1, -0.05) is 13.8 Å². The topological polar surface area (TPSA) is 128 Å². The fourth-order valence-electron chi connectivity index (χ4n) is 3.66. The minimum Gasteiger partial charge on any atom is -0.455 e. The summed E-state index contributed by atoms with van der Waals surface area (Å²) in [5.41, 5.74) is 8.90. The van der Waals surface area contributed by atoms with E-state index in [2.05, 4.69) is 60.3 Å². The molecule has 5 aromatic rings. The van der Waals surface area contributed by atoms with E-state index in [1.807, 2.05) is 12.1 Å². The number of anilines is 4. The van der Waals surface area contributed by atoms with Crippen molar-refractivity contribution < 1.29 is 9.53 Å². The molecule has 0 saturated heterocycles. The third-order valence-corrected chi connectivity index (χ3v) is 6.15. The monoisotopic (exact) mass is 569 g/mol. The molecule has 4 N–H and O–H groups in total. The Balaban J connectivity index is 1.51. The van der Waals surface area contributed by atoms with Crippen LogP contribution in [-0.4, -0.2) is 25.8 Å². The number of ether oxygens (including phenoxy) is 1. The van der Waals surface area contributed by atoms with E-state index in [0.717, 1.165) is 15.6 Å². The lowest BCUT2D eigenvalue weighted by atomic mass is 10.1. The highest BCUT2D eigenvalue weighted by molar-refractivity contribution is 9.10. The zero-order valence-corrected chi connectivity index (χ0v) is 22.2. The van der Waals surface area contributed by atoms with Crippen molar-refractivity contribution >= 4 is 55.9 Å². The van der Waals surface area contributed by atoms with E-state index in [9.17, 15) is 4.79 Å². The van der Waals surface area contributed by atoms with E-state index >= 15 is 0 Å². The van der Waals surface area contributed by atoms with Crippen LogP contribution < -0.4 is 21.1 Å². The third-order valence-electron chi connectivity index (χ3n) is 5.68. The first-order valence-electron chi connectivity index (χ1n) is 11.8. The van der Waals surface area contributed by atoms with E-state index in [0.29, 0.717) is 45.7 Å². The van der Waals surface area contributed by atoms with E-state index < -0.39 is 0 Å². The van der Waals surface area contributed by atoms with Gasteiger partial charge < -0.3 is 21.1 Å². The van der Waals surface area contributed by atoms with Crippen LogP contribution in [0, 0.1) is 0 Å². The van der Waals surface area contributed by atoms with Crippen LogP contribution in [0.3, 0.4) is 0 Å². The van der Waals surface area contributed by atoms with Crippen molar-refractivity contribution in [2.24, 2.45) is 0 Å². The Hall–Kier alpha value is -4.57. The van der Waals surface area contributed by atoms with Crippen molar-refractivity contribution in [1.82, 2.24) is 19.9 Å². The Kier molecular flexibility index (Phi) is 7.14. The van der Waals surface area contributed by atoms with E-state index in [-0.39, 0.29) is 11.8 Å². The number of amides is 1. The van der Waals surface area contributed by atoms with E-state index in [1.54, 1.807) is 60.8 Å². The minimum absolute atomic E-state index is 0.265. The predicted molar refractivity (Wildman–Crippen MR) is 152 cm³/mol. The molecule has 0 radical (unpaired) electrons. The molecule has 0 unspecified atom stereocenters. The van der Waals surface area contributed by atoms with Crippen LogP contribution in [0.1, 0.15) is 35.8 Å². The number of halogens is 1. The second-order valence-corrected chi connectivity index (χ2v) is 9.72. The number of fused-ring (bicyclic) bond motifs is 1. The Morgan fingerprint density at radius 1 is 0.974 bits per heavy atom. The maximum absolute atomic E-state index is 13.0. The van der Waals surface area contributed by atoms with Gasteiger partial charge in [0, 0.05) is 27.6 Å². The molecule has 38 heavy (non-hydrogen) atoms. The average Bonchev–Trinajstić information content (AvgIpc) is 2.92. The van der Waals surface area contributed by atoms with Crippen molar-refractivity contribution in [2.45, 2.75) is 19.8 Å². The Morgan fingerprint density at radius 2 is 1.79 bits per heavy atom. The quantitative estimate of drug-likeness (QED) is 0.185. The molecule has 0 aliphatic rings. The van der Waals surface area contributed by atoms with E-state index in [4.69, 9.17) is 10.5 Å². The van der Waals surface area contributed by atoms with Crippen LogP contribution in [0.15, 0.2) is 83.7 Å². The van der Waals surface area contributed by atoms with E-state index in [1.165, 1.54) is 6.33 Å². The van der Waals surface area contributed by atoms with Gasteiger partial charge in [-0.2, -0.15) is 0 Å². The van der Waals surface area contributed by atoms with Gasteiger partial charge in [0.1, 0.15) is 23.7 Å². The van der Waals surface area contributed by atoms with Gasteiger partial charge in [-0.25, -0.2) is 19.9 Å². The zero-order valence-electron chi connectivity index (χ0n) is 20.6. The number of hydrogen-bond donors (Lipinski definition) is 3. The van der Waals surface area contributed by atoms with Crippen LogP contribution in [0.4, 0.5) is 23.0 Å². The summed E-state index contributed by atoms with van der Waals surface area (Å²) in [6.07, 6.45) is 3.07. The molecule has 2 aromatic carbocycles. The molecule has 0 fully saturated rings. The highest BCUT2D eigenvalue weighted by Crippen LogP contribution is 2.34. The number of aromatic nitrogens is 4. The fraction of sp³-hybridized carbons (Fsp3) is 0.107. The average molecular weight is 570 g/mol. The number of hydrogen-bond acceptors (Lipinski definition) is 8. The molecule has 190 valence electrons. The van der Waals surface area contributed by atoms with Crippen LogP contribution in [0.2, 0.25) is 0 Å². The highest BCUT2D eigenvalue weighted by atomic mass is 79.9. The maximum atomic E-state index is 13.0. The summed E-state index contributed by atoms with van der Waals surface area (Å²) >= 11 is 3.35. The molecule has 0 aliphatic heterocycles. The van der Waals surface area contributed by atoms with Crippen LogP contribution in [0.5, 0.6) is 11.5 Å². The molecular formula is C28H24BrN7O2. The first-order valence-corrected chi connectivity index (χ1v) is 12.6. The molecule has 0 saturated carbocycles. The number of carbonyl (C=O) groups is 1. The predicted octanol–water partition coefficient (Wildman–Crippen LogP) is 6.68. The molecule has 3 aromatic heterocycles. The first kappa shape index (κ1) is 25.1. The largest absolute Gasteiger partial charge is 0.455 e. The van der Waals surface area contributed by atoms with Crippen molar-refractivity contribution in [3.8, 4) is 11.5 Å². The minimum atomic E-state index is -0.322. The number of nitrogen functional groups attached to an aromatic ring is 1. The summed E-state index contributed by atoms with van der Waals surface area (Å²) in [4.78, 5) is 30.7. The lowest BCUT2D eigenvalue weighted by Crippen LogP contribution is -2.13. The summed E-state index contributed by atoms with van der Waals surface area (Å²) in [6, 6.07) is 19.6. The van der Waals surface area contributed by atoms with Crippen LogP contribution in [-0.2, 0) is 0 Å². The first-order chi connectivity index (χ1) is 18.4. The molecule has 5 rings (SSSR count). The molecule has 1 amide bonds. The van der Waals surface area contributed by atoms with Gasteiger partial charge >= 0.3 is 0 Å². The number of rotatable bonds is 7. The Labute approximate surface area is 227 Å². The fourth-order valence-corrected chi connectivity index (χ4v) is 3.90. The number of carbonyl (C=O) groups excluding carboxylic acids is 1. The SMILES string of the molecule is CC(C)c1ccc2c(Nc3cc(C(=O)Nc4ccc(Br)cn4)ccc3Oc3ccc(N)cc3)ncnc2n1. The molecule has 3 heterocycles. The molecule has 0 aliphatic carbocycles. The number of pyridine rings is 2. The second-order valence-electron chi connectivity index (χ2n) is 8.81. The van der Waals surface area contributed by atoms with Gasteiger partial charge in [0.2, 0.25) is 0 Å². The molecule has 0 atom stereocenters. The maximum Gasteiger partial charge on any atom is 0.256 e. The molecule has 0 bridgehead atoms. The Morgan fingerprint density at radius 3 is 2.53 bits per heavy atom. The molecular weight excluding hydrogens is 546 g/mol. The number of nitrogens with two attached hydrogens (primary N) is 1. The molecule has 9 nitrogen and oxygen atoms in total. The normalized spacial score (nSPS) is 10.9. The van der Waals surface area contributed by atoms with Gasteiger partial charge in [-0.3, -0.25) is 4.79 Å².